The first kappa shape index (κ1) is 20.8. The Kier molecular flexibility index (Phi) is 4.65. The summed E-state index contributed by atoms with van der Waals surface area (Å²) in [6, 6.07) is 39.1. The number of aryl methyl sites for hydroxylation is 1. The van der Waals surface area contributed by atoms with Gasteiger partial charge in [0.25, 0.3) is 0 Å². The number of hydrogen-bond donors (Lipinski definition) is 0. The third kappa shape index (κ3) is 2.80. The van der Waals surface area contributed by atoms with Crippen molar-refractivity contribution in [1.82, 2.24) is 9.13 Å². The zero-order valence-electron chi connectivity index (χ0n) is 20.4. The van der Waals surface area contributed by atoms with E-state index in [-0.39, 0.29) is 0 Å². The molecule has 5 aromatic carbocycles. The van der Waals surface area contributed by atoms with E-state index < -0.39 is 0 Å². The fourth-order valence-electron chi connectivity index (χ4n) is 5.86. The van der Waals surface area contributed by atoms with Gasteiger partial charge in [0, 0.05) is 27.2 Å². The highest BCUT2D eigenvalue weighted by Crippen LogP contribution is 2.43. The van der Waals surface area contributed by atoms with Crippen molar-refractivity contribution in [2.75, 3.05) is 7.11 Å². The van der Waals surface area contributed by atoms with Gasteiger partial charge in [-0.3, -0.25) is 0 Å². The Morgan fingerprint density at radius 1 is 0.556 bits per heavy atom. The highest BCUT2D eigenvalue weighted by atomic mass is 16.5. The molecule has 36 heavy (non-hydrogen) atoms. The molecule has 2 heterocycles. The number of methoxy groups -OCH3 is 1. The highest BCUT2D eigenvalue weighted by Gasteiger charge is 2.22. The predicted molar refractivity (Wildman–Crippen MR) is 151 cm³/mol. The Balaban J connectivity index is 1.78. The van der Waals surface area contributed by atoms with Gasteiger partial charge >= 0.3 is 0 Å². The lowest BCUT2D eigenvalue weighted by Gasteiger charge is -2.17. The van der Waals surface area contributed by atoms with Crippen molar-refractivity contribution in [2.45, 2.75) is 13.3 Å². The molecule has 0 spiro atoms. The number of aromatic nitrogens is 2. The van der Waals surface area contributed by atoms with Crippen LogP contribution in [0.1, 0.15) is 12.5 Å². The summed E-state index contributed by atoms with van der Waals surface area (Å²) < 4.78 is 10.9. The van der Waals surface area contributed by atoms with E-state index in [0.717, 1.165) is 23.5 Å². The van der Waals surface area contributed by atoms with Crippen molar-refractivity contribution in [3.63, 3.8) is 0 Å². The van der Waals surface area contributed by atoms with Gasteiger partial charge in [-0.1, -0.05) is 85.8 Å². The van der Waals surface area contributed by atoms with Crippen LogP contribution in [-0.2, 0) is 6.42 Å². The molecule has 0 radical (unpaired) electrons. The Bertz CT molecular complexity index is 1910. The average Bonchev–Trinajstić information content (AvgIpc) is 3.46. The molecule has 0 saturated heterocycles. The third-order valence-electron chi connectivity index (χ3n) is 7.38. The monoisotopic (exact) mass is 466 g/mol. The first-order valence-electron chi connectivity index (χ1n) is 12.5. The Morgan fingerprint density at radius 3 is 1.78 bits per heavy atom. The molecule has 0 unspecified atom stereocenters. The molecule has 0 aliphatic rings. The summed E-state index contributed by atoms with van der Waals surface area (Å²) in [5, 5.41) is 4.98. The molecule has 0 atom stereocenters. The largest absolute Gasteiger partial charge is 0.494 e. The van der Waals surface area contributed by atoms with E-state index >= 15 is 0 Å². The van der Waals surface area contributed by atoms with Crippen molar-refractivity contribution in [2.24, 2.45) is 0 Å². The molecule has 2 aromatic heterocycles. The van der Waals surface area contributed by atoms with Gasteiger partial charge in [-0.2, -0.15) is 0 Å². The second kappa shape index (κ2) is 8.03. The number of fused-ring (bicyclic) bond motifs is 7. The number of para-hydroxylation sites is 4. The van der Waals surface area contributed by atoms with Crippen molar-refractivity contribution < 1.29 is 4.74 Å². The lowest BCUT2D eigenvalue weighted by molar-refractivity contribution is 0.409. The van der Waals surface area contributed by atoms with Gasteiger partial charge in [0.05, 0.1) is 34.9 Å². The van der Waals surface area contributed by atoms with E-state index in [1.165, 1.54) is 49.2 Å². The summed E-state index contributed by atoms with van der Waals surface area (Å²) in [6.45, 7) is 2.18. The smallest absolute Gasteiger partial charge is 0.146 e. The molecular weight excluding hydrogens is 440 g/mol. The van der Waals surface area contributed by atoms with Crippen LogP contribution in [0.3, 0.4) is 0 Å². The van der Waals surface area contributed by atoms with E-state index in [9.17, 15) is 0 Å². The van der Waals surface area contributed by atoms with Crippen LogP contribution in [0.25, 0.3) is 55.0 Å². The Labute approximate surface area is 209 Å². The van der Waals surface area contributed by atoms with Crippen molar-refractivity contribution in [3.05, 3.63) is 115 Å². The van der Waals surface area contributed by atoms with Crippen LogP contribution in [0.15, 0.2) is 109 Å². The van der Waals surface area contributed by atoms with Gasteiger partial charge < -0.3 is 13.9 Å². The summed E-state index contributed by atoms with van der Waals surface area (Å²) in [7, 11) is 1.78. The molecule has 7 rings (SSSR count). The van der Waals surface area contributed by atoms with Crippen molar-refractivity contribution in [1.29, 1.82) is 0 Å². The lowest BCUT2D eigenvalue weighted by Crippen LogP contribution is -2.02. The summed E-state index contributed by atoms with van der Waals surface area (Å²) in [5.41, 5.74) is 8.22. The number of ether oxygens (including phenoxy) is 1. The molecule has 7 aromatic rings. The molecule has 3 nitrogen and oxygen atoms in total. The van der Waals surface area contributed by atoms with Gasteiger partial charge in [-0.05, 0) is 42.3 Å². The topological polar surface area (TPSA) is 19.1 Å². The van der Waals surface area contributed by atoms with Gasteiger partial charge in [-0.25, -0.2) is 0 Å². The van der Waals surface area contributed by atoms with Gasteiger partial charge in [0.2, 0.25) is 0 Å². The molecule has 0 aliphatic carbocycles. The van der Waals surface area contributed by atoms with E-state index in [1.54, 1.807) is 7.11 Å². The molecule has 174 valence electrons. The van der Waals surface area contributed by atoms with Crippen LogP contribution in [-0.4, -0.2) is 16.2 Å². The maximum atomic E-state index is 6.05. The summed E-state index contributed by atoms with van der Waals surface area (Å²) in [6.07, 6.45) is 0.911. The summed E-state index contributed by atoms with van der Waals surface area (Å²) in [4.78, 5) is 0. The highest BCUT2D eigenvalue weighted by molar-refractivity contribution is 6.23. The van der Waals surface area contributed by atoms with Crippen LogP contribution in [0, 0.1) is 0 Å². The molecule has 0 amide bonds. The fourth-order valence-corrected chi connectivity index (χ4v) is 5.86. The first-order chi connectivity index (χ1) is 17.8. The SMILES string of the molecule is CCc1cccc(-n2c3ccccc3c3ccc4c5ccccc5n(-c5ccccc5)c4c32)c1OC. The van der Waals surface area contributed by atoms with E-state index in [0.29, 0.717) is 0 Å². The average molecular weight is 467 g/mol. The van der Waals surface area contributed by atoms with Crippen LogP contribution >= 0.6 is 0 Å². The maximum Gasteiger partial charge on any atom is 0.146 e. The number of hydrogen-bond acceptors (Lipinski definition) is 1. The van der Waals surface area contributed by atoms with Crippen molar-refractivity contribution >= 4 is 43.6 Å². The molecular formula is C33H26N2O. The number of rotatable bonds is 4. The second-order valence-corrected chi connectivity index (χ2v) is 9.22. The maximum absolute atomic E-state index is 6.05. The summed E-state index contributed by atoms with van der Waals surface area (Å²) in [5.74, 6) is 0.932. The lowest BCUT2D eigenvalue weighted by atomic mass is 10.1. The number of benzene rings is 5. The molecule has 3 heteroatoms. The first-order valence-corrected chi connectivity index (χ1v) is 12.5. The van der Waals surface area contributed by atoms with Gasteiger partial charge in [0.15, 0.2) is 0 Å². The van der Waals surface area contributed by atoms with Gasteiger partial charge in [-0.15, -0.1) is 0 Å². The quantitative estimate of drug-likeness (QED) is 0.255. The Morgan fingerprint density at radius 2 is 1.14 bits per heavy atom. The van der Waals surface area contributed by atoms with E-state index in [2.05, 4.69) is 125 Å². The zero-order valence-corrected chi connectivity index (χ0v) is 20.4. The molecule has 0 N–H and O–H groups in total. The number of nitrogens with zero attached hydrogens (tertiary/aromatic N) is 2. The van der Waals surface area contributed by atoms with E-state index in [4.69, 9.17) is 4.74 Å². The van der Waals surface area contributed by atoms with Crippen LogP contribution in [0.4, 0.5) is 0 Å². The Hall–Kier alpha value is -4.50. The minimum absolute atomic E-state index is 0.911. The fraction of sp³-hybridized carbons (Fsp3) is 0.0909. The summed E-state index contributed by atoms with van der Waals surface area (Å²) >= 11 is 0. The molecule has 0 saturated carbocycles. The van der Waals surface area contributed by atoms with Crippen LogP contribution < -0.4 is 4.74 Å². The van der Waals surface area contributed by atoms with E-state index in [1.807, 2.05) is 0 Å². The second-order valence-electron chi connectivity index (χ2n) is 9.22. The predicted octanol–water partition coefficient (Wildman–Crippen LogP) is 8.45. The van der Waals surface area contributed by atoms with Crippen LogP contribution in [0.5, 0.6) is 5.75 Å². The standard InChI is InChI=1S/C33H26N2O/c1-3-22-12-11-19-30(33(22)36-2)35-29-18-10-8-16-25(29)27-21-20-26-24-15-7-9-17-28(24)34(31(26)32(27)35)23-13-5-4-6-14-23/h4-21H,3H2,1-2H3. The van der Waals surface area contributed by atoms with Crippen molar-refractivity contribution in [3.8, 4) is 17.1 Å². The molecule has 0 bridgehead atoms. The van der Waals surface area contributed by atoms with Crippen LogP contribution in [0.2, 0.25) is 0 Å². The minimum Gasteiger partial charge on any atom is -0.494 e. The third-order valence-corrected chi connectivity index (χ3v) is 7.38. The molecule has 0 fully saturated rings. The normalized spacial score (nSPS) is 11.7. The van der Waals surface area contributed by atoms with Gasteiger partial charge in [0.1, 0.15) is 5.75 Å². The zero-order chi connectivity index (χ0) is 24.2. The molecule has 0 aliphatic heterocycles. The minimum atomic E-state index is 0.911.